The SMILES string of the molecule is CCCC[Si](C)(C)O[Si](C)(C)CCCOCCOC(=O)CCC(=O)N1CCN(c2cc3c(c4ccccc24)N=CC2(O3)N(C)c3ccccc3C2(C)C)CC1. The van der Waals surface area contributed by atoms with Crippen LogP contribution in [0.15, 0.2) is 59.6 Å². The molecule has 0 saturated carbocycles. The molecule has 3 aliphatic heterocycles. The molecule has 3 aromatic rings. The van der Waals surface area contributed by atoms with E-state index in [4.69, 9.17) is 23.3 Å². The summed E-state index contributed by atoms with van der Waals surface area (Å²) >= 11 is 0. The van der Waals surface area contributed by atoms with Gasteiger partial charge < -0.3 is 33.0 Å². The molecule has 0 aliphatic carbocycles. The van der Waals surface area contributed by atoms with Gasteiger partial charge in [-0.15, -0.1) is 0 Å². The number of fused-ring (bicyclic) bond motifs is 4. The van der Waals surface area contributed by atoms with Crippen LogP contribution in [0.3, 0.4) is 0 Å². The van der Waals surface area contributed by atoms with Crippen LogP contribution < -0.4 is 14.5 Å². The Kier molecular flexibility index (Phi) is 12.5. The van der Waals surface area contributed by atoms with Gasteiger partial charge in [-0.05, 0) is 70.2 Å². The van der Waals surface area contributed by atoms with Crippen LogP contribution in [0.2, 0.25) is 38.3 Å². The van der Waals surface area contributed by atoms with Crippen LogP contribution in [-0.2, 0) is 28.6 Å². The molecule has 10 nitrogen and oxygen atoms in total. The highest BCUT2D eigenvalue weighted by atomic mass is 28.4. The number of aliphatic imine (C=N–C) groups is 1. The van der Waals surface area contributed by atoms with E-state index in [2.05, 4.69) is 112 Å². The van der Waals surface area contributed by atoms with Crippen LogP contribution in [0.25, 0.3) is 10.8 Å². The number of para-hydroxylation sites is 1. The van der Waals surface area contributed by atoms with Crippen LogP contribution in [0.5, 0.6) is 5.75 Å². The van der Waals surface area contributed by atoms with E-state index >= 15 is 0 Å². The van der Waals surface area contributed by atoms with Gasteiger partial charge in [-0.2, -0.15) is 0 Å². The lowest BCUT2D eigenvalue weighted by Crippen LogP contribution is -2.61. The quantitative estimate of drug-likeness (QED) is 0.0810. The summed E-state index contributed by atoms with van der Waals surface area (Å²) in [6, 6.07) is 21.2. The second-order valence-corrected chi connectivity index (χ2v) is 25.9. The maximum atomic E-state index is 13.2. The standard InChI is InChI=1S/C43H62N4O6Si2/c1-9-10-29-54(5,6)53-55(7,8)30-15-26-50-27-28-51-40(49)21-20-39(48)47-24-22-46(23-25-47)37-31-38-41(34-17-12-11-16-33(34)37)44-32-43(52-38)42(2,3)35-18-13-14-19-36(35)45(43)4/h11-14,16-19,31-32H,9-10,15,20-30H2,1-8H3. The first kappa shape index (κ1) is 40.9. The first-order valence-corrected chi connectivity index (χ1v) is 26.5. The molecule has 1 saturated heterocycles. The van der Waals surface area contributed by atoms with E-state index in [1.54, 1.807) is 0 Å². The van der Waals surface area contributed by atoms with Gasteiger partial charge in [-0.25, -0.2) is 0 Å². The van der Waals surface area contributed by atoms with Crippen molar-refractivity contribution in [3.63, 3.8) is 0 Å². The minimum Gasteiger partial charge on any atom is -0.463 e. The predicted octanol–water partition coefficient (Wildman–Crippen LogP) is 8.66. The Hall–Kier alpha value is -3.72. The third-order valence-corrected chi connectivity index (χ3v) is 19.2. The normalized spacial score (nSPS) is 19.1. The zero-order valence-electron chi connectivity index (χ0n) is 34.4. The van der Waals surface area contributed by atoms with Gasteiger partial charge in [0, 0.05) is 74.5 Å². The van der Waals surface area contributed by atoms with Crippen molar-refractivity contribution in [2.75, 3.05) is 62.8 Å². The lowest BCUT2D eigenvalue weighted by molar-refractivity contribution is -0.147. The third-order valence-electron chi connectivity index (χ3n) is 11.7. The van der Waals surface area contributed by atoms with E-state index in [1.807, 2.05) is 17.2 Å². The van der Waals surface area contributed by atoms with Gasteiger partial charge >= 0.3 is 5.97 Å². The number of carbonyl (C=O) groups is 2. The Bertz CT molecular complexity index is 1870. The number of ether oxygens (including phenoxy) is 3. The predicted molar refractivity (Wildman–Crippen MR) is 228 cm³/mol. The number of amides is 1. The maximum absolute atomic E-state index is 13.2. The zero-order chi connectivity index (χ0) is 39.4. The van der Waals surface area contributed by atoms with Crippen LogP contribution in [-0.4, -0.2) is 98.4 Å². The summed E-state index contributed by atoms with van der Waals surface area (Å²) in [5.74, 6) is 0.367. The van der Waals surface area contributed by atoms with Crippen molar-refractivity contribution in [2.45, 2.75) is 102 Å². The fourth-order valence-corrected chi connectivity index (χ4v) is 17.7. The van der Waals surface area contributed by atoms with Crippen molar-refractivity contribution in [2.24, 2.45) is 4.99 Å². The Morgan fingerprint density at radius 2 is 1.51 bits per heavy atom. The fourth-order valence-electron chi connectivity index (χ4n) is 8.67. The van der Waals surface area contributed by atoms with Gasteiger partial charge in [0.2, 0.25) is 11.6 Å². The largest absolute Gasteiger partial charge is 0.463 e. The van der Waals surface area contributed by atoms with Gasteiger partial charge in [-0.3, -0.25) is 14.6 Å². The van der Waals surface area contributed by atoms with E-state index in [9.17, 15) is 9.59 Å². The zero-order valence-corrected chi connectivity index (χ0v) is 36.4. The van der Waals surface area contributed by atoms with Gasteiger partial charge in [0.15, 0.2) is 22.4 Å². The molecule has 55 heavy (non-hydrogen) atoms. The van der Waals surface area contributed by atoms with Crippen molar-refractivity contribution in [3.8, 4) is 5.75 Å². The summed E-state index contributed by atoms with van der Waals surface area (Å²) in [5.41, 5.74) is 3.16. The third kappa shape index (κ3) is 8.82. The second-order valence-electron chi connectivity index (χ2n) is 17.1. The molecule has 1 spiro atoms. The van der Waals surface area contributed by atoms with Crippen molar-refractivity contribution in [3.05, 3.63) is 60.2 Å². The number of benzene rings is 3. The van der Waals surface area contributed by atoms with Crippen molar-refractivity contribution >= 4 is 62.6 Å². The molecule has 0 aromatic heterocycles. The average molecular weight is 787 g/mol. The number of carbonyl (C=O) groups excluding carboxylic acids is 2. The summed E-state index contributed by atoms with van der Waals surface area (Å²) in [4.78, 5) is 37.1. The van der Waals surface area contributed by atoms with Crippen LogP contribution in [0, 0.1) is 0 Å². The molecule has 0 N–H and O–H groups in total. The molecule has 3 aromatic carbocycles. The molecule has 1 atom stereocenters. The Balaban J connectivity index is 0.963. The Labute approximate surface area is 330 Å². The van der Waals surface area contributed by atoms with E-state index in [-0.39, 0.29) is 36.7 Å². The maximum Gasteiger partial charge on any atom is 0.306 e. The molecule has 6 rings (SSSR count). The smallest absolute Gasteiger partial charge is 0.306 e. The van der Waals surface area contributed by atoms with Gasteiger partial charge in [0.25, 0.3) is 0 Å². The van der Waals surface area contributed by atoms with Gasteiger partial charge in [0.05, 0.1) is 24.7 Å². The van der Waals surface area contributed by atoms with Crippen molar-refractivity contribution < 1.29 is 27.9 Å². The minimum absolute atomic E-state index is 0.0243. The highest BCUT2D eigenvalue weighted by molar-refractivity contribution is 6.84. The summed E-state index contributed by atoms with van der Waals surface area (Å²) in [6.45, 7) is 19.6. The van der Waals surface area contributed by atoms with Crippen LogP contribution in [0.1, 0.15) is 58.4 Å². The van der Waals surface area contributed by atoms with Crippen molar-refractivity contribution in [1.82, 2.24) is 4.90 Å². The number of unbranched alkanes of at least 4 members (excludes halogenated alkanes) is 1. The molecular formula is C43H62N4O6Si2. The summed E-state index contributed by atoms with van der Waals surface area (Å²) in [7, 11) is -1.25. The number of piperazine rings is 1. The molecular weight excluding hydrogens is 725 g/mol. The minimum atomic E-state index is -1.72. The average Bonchev–Trinajstić information content (AvgIpc) is 3.32. The van der Waals surface area contributed by atoms with Gasteiger partial charge in [-0.1, -0.05) is 62.2 Å². The lowest BCUT2D eigenvalue weighted by atomic mass is 9.77. The molecule has 1 amide bonds. The monoisotopic (exact) mass is 786 g/mol. The summed E-state index contributed by atoms with van der Waals surface area (Å²) in [5, 5.41) is 2.15. The van der Waals surface area contributed by atoms with Crippen LogP contribution >= 0.6 is 0 Å². The number of nitrogens with zero attached hydrogens (tertiary/aromatic N) is 4. The topological polar surface area (TPSA) is 93.1 Å². The number of rotatable bonds is 16. The molecule has 1 fully saturated rings. The first-order valence-electron chi connectivity index (χ1n) is 20.3. The van der Waals surface area contributed by atoms with Crippen molar-refractivity contribution in [1.29, 1.82) is 0 Å². The van der Waals surface area contributed by atoms with Gasteiger partial charge in [0.1, 0.15) is 12.3 Å². The second kappa shape index (κ2) is 16.8. The Morgan fingerprint density at radius 1 is 0.836 bits per heavy atom. The van der Waals surface area contributed by atoms with E-state index < -0.39 is 22.4 Å². The first-order chi connectivity index (χ1) is 26.2. The number of anilines is 2. The summed E-state index contributed by atoms with van der Waals surface area (Å²) in [6.07, 6.45) is 5.59. The molecule has 3 aliphatic rings. The summed E-state index contributed by atoms with van der Waals surface area (Å²) < 4.78 is 24.9. The molecule has 0 bridgehead atoms. The molecule has 12 heteroatoms. The highest BCUT2D eigenvalue weighted by Crippen LogP contribution is 2.55. The fraction of sp³-hybridized carbons (Fsp3) is 0.558. The number of hydrogen-bond acceptors (Lipinski definition) is 9. The highest BCUT2D eigenvalue weighted by Gasteiger charge is 2.58. The molecule has 1 unspecified atom stereocenters. The lowest BCUT2D eigenvalue weighted by Gasteiger charge is -2.45. The Morgan fingerprint density at radius 3 is 2.22 bits per heavy atom. The number of esters is 1. The molecule has 3 heterocycles. The number of hydrogen-bond donors (Lipinski definition) is 0. The molecule has 0 radical (unpaired) electrons. The number of likely N-dealkylation sites (N-methyl/N-ethyl adjacent to an activating group) is 1. The van der Waals surface area contributed by atoms with E-state index in [1.165, 1.54) is 24.4 Å². The molecule has 298 valence electrons. The van der Waals surface area contributed by atoms with E-state index in [0.29, 0.717) is 39.4 Å². The van der Waals surface area contributed by atoms with Crippen LogP contribution in [0.4, 0.5) is 17.1 Å². The van der Waals surface area contributed by atoms with E-state index in [0.717, 1.165) is 46.0 Å².